The first-order chi connectivity index (χ1) is 17.5. The predicted molar refractivity (Wildman–Crippen MR) is 116 cm³/mol. The highest BCUT2D eigenvalue weighted by molar-refractivity contribution is 6.21. The van der Waals surface area contributed by atoms with Gasteiger partial charge in [0.15, 0.2) is 12.6 Å². The van der Waals surface area contributed by atoms with Gasteiger partial charge in [0.05, 0.1) is 49.6 Å². The van der Waals surface area contributed by atoms with E-state index in [2.05, 4.69) is 0 Å². The van der Waals surface area contributed by atoms with Gasteiger partial charge >= 0.3 is 0 Å². The zero-order chi connectivity index (χ0) is 27.2. The smallest absolute Gasteiger partial charge is 0.207 e. The molecule has 4 aliphatic rings. The second-order valence-electron chi connectivity index (χ2n) is 9.57. The van der Waals surface area contributed by atoms with Gasteiger partial charge in [-0.05, 0) is 5.57 Å². The lowest BCUT2D eigenvalue weighted by Crippen LogP contribution is -2.60. The number of aliphatic hydroxyl groups excluding tert-OH is 10. The summed E-state index contributed by atoms with van der Waals surface area (Å²) in [5.74, 6) is -1.96. The minimum Gasteiger partial charge on any atom is -0.472 e. The standard InChI is InChI=1S/C21H33ClO15/c22-10-13(27)8-5(4-34-20-17(31)15(29)11(25)6(1-23)35-20)3-33-19(9(8)14(10)28)37-21-18(32)16(30)12(26)7(2-24)36-21/h3,6-21,23-32H,1-2,4H2/t6-,7-,8-,9+,10-,11-,12-,13+,14-,15+,16+,17-,18-,19+,20-,21+/m1/s1. The van der Waals surface area contributed by atoms with Crippen molar-refractivity contribution in [2.24, 2.45) is 11.8 Å². The molecule has 1 saturated carbocycles. The highest BCUT2D eigenvalue weighted by Gasteiger charge is 2.57. The average Bonchev–Trinajstić information content (AvgIpc) is 3.12. The van der Waals surface area contributed by atoms with Crippen LogP contribution in [0.4, 0.5) is 0 Å². The number of fused-ring (bicyclic) bond motifs is 1. The number of alkyl halides is 1. The molecule has 3 aliphatic heterocycles. The Morgan fingerprint density at radius 3 is 1.78 bits per heavy atom. The maximum Gasteiger partial charge on any atom is 0.207 e. The van der Waals surface area contributed by atoms with Crippen molar-refractivity contribution >= 4 is 11.6 Å². The molecule has 3 heterocycles. The number of ether oxygens (including phenoxy) is 5. The van der Waals surface area contributed by atoms with E-state index >= 15 is 0 Å². The summed E-state index contributed by atoms with van der Waals surface area (Å²) in [6, 6.07) is 0. The van der Waals surface area contributed by atoms with Crippen LogP contribution in [0.3, 0.4) is 0 Å². The first kappa shape index (κ1) is 29.3. The number of rotatable bonds is 7. The van der Waals surface area contributed by atoms with Crippen LogP contribution in [0.1, 0.15) is 0 Å². The van der Waals surface area contributed by atoms with E-state index in [1.54, 1.807) is 0 Å². The summed E-state index contributed by atoms with van der Waals surface area (Å²) in [6.07, 6.45) is -18.4. The third-order valence-electron chi connectivity index (χ3n) is 7.30. The van der Waals surface area contributed by atoms with Crippen LogP contribution < -0.4 is 0 Å². The molecular formula is C21H33ClO15. The Morgan fingerprint density at radius 1 is 0.676 bits per heavy atom. The fourth-order valence-corrected chi connectivity index (χ4v) is 5.45. The molecule has 2 saturated heterocycles. The van der Waals surface area contributed by atoms with E-state index in [4.69, 9.17) is 35.3 Å². The van der Waals surface area contributed by atoms with Crippen LogP contribution in [0.25, 0.3) is 0 Å². The summed E-state index contributed by atoms with van der Waals surface area (Å²) in [5.41, 5.74) is 0.255. The molecule has 0 amide bonds. The van der Waals surface area contributed by atoms with Crippen molar-refractivity contribution < 1.29 is 74.7 Å². The Balaban J connectivity index is 1.49. The SMILES string of the molecule is OC[C@H]1O[C@@H](OCC2=CO[C@@H](O[C@@H]3O[C@H](CO)[C@@H](O)[C@H](O)[C@H]3O)[C@@H]3[C@@H](O)[C@H](Cl)[C@@H](O)[C@H]23)[C@H](O)[C@@H](O)[C@@H]1O. The molecule has 16 atom stereocenters. The number of hydrogen-bond acceptors (Lipinski definition) is 15. The van der Waals surface area contributed by atoms with E-state index in [0.29, 0.717) is 0 Å². The number of halogens is 1. The predicted octanol–water partition coefficient (Wildman–Crippen LogP) is -5.57. The molecule has 10 N–H and O–H groups in total. The Kier molecular flexibility index (Phi) is 9.32. The summed E-state index contributed by atoms with van der Waals surface area (Å²) in [4.78, 5) is 0. The van der Waals surface area contributed by atoms with Gasteiger partial charge in [0.1, 0.15) is 48.8 Å². The summed E-state index contributed by atoms with van der Waals surface area (Å²) in [6.45, 7) is -1.70. The van der Waals surface area contributed by atoms with Crippen molar-refractivity contribution in [3.8, 4) is 0 Å². The third kappa shape index (κ3) is 5.37. The first-order valence-corrected chi connectivity index (χ1v) is 12.2. The van der Waals surface area contributed by atoms with E-state index in [-0.39, 0.29) is 12.2 Å². The van der Waals surface area contributed by atoms with Gasteiger partial charge in [-0.3, -0.25) is 0 Å². The van der Waals surface area contributed by atoms with E-state index in [1.807, 2.05) is 0 Å². The summed E-state index contributed by atoms with van der Waals surface area (Å²) in [7, 11) is 0. The van der Waals surface area contributed by atoms with Gasteiger partial charge in [-0.25, -0.2) is 0 Å². The maximum absolute atomic E-state index is 10.7. The van der Waals surface area contributed by atoms with Gasteiger partial charge in [0, 0.05) is 5.92 Å². The van der Waals surface area contributed by atoms with Gasteiger partial charge in [-0.1, -0.05) is 0 Å². The zero-order valence-corrected chi connectivity index (χ0v) is 20.1. The van der Waals surface area contributed by atoms with Crippen LogP contribution in [-0.2, 0) is 23.7 Å². The number of aliphatic hydroxyl groups is 10. The topological polar surface area (TPSA) is 248 Å². The fourth-order valence-electron chi connectivity index (χ4n) is 5.12. The molecule has 0 unspecified atom stereocenters. The minimum absolute atomic E-state index is 0.255. The minimum atomic E-state index is -1.74. The monoisotopic (exact) mass is 560 g/mol. The molecule has 214 valence electrons. The van der Waals surface area contributed by atoms with Crippen molar-refractivity contribution in [1.82, 2.24) is 0 Å². The maximum atomic E-state index is 10.7. The lowest BCUT2D eigenvalue weighted by Gasteiger charge is -2.43. The molecule has 0 aromatic rings. The third-order valence-corrected chi connectivity index (χ3v) is 7.82. The van der Waals surface area contributed by atoms with Crippen LogP contribution in [-0.4, -0.2) is 156 Å². The van der Waals surface area contributed by atoms with E-state index in [0.717, 1.165) is 6.26 Å². The molecule has 0 radical (unpaired) electrons. The normalized spacial score (nSPS) is 52.4. The molecule has 3 fully saturated rings. The molecular weight excluding hydrogens is 528 g/mol. The molecule has 1 aliphatic carbocycles. The molecule has 4 rings (SSSR count). The lowest BCUT2D eigenvalue weighted by atomic mass is 9.85. The molecule has 0 aromatic heterocycles. The second-order valence-corrected chi connectivity index (χ2v) is 10.1. The van der Waals surface area contributed by atoms with E-state index in [1.165, 1.54) is 0 Å². The molecule has 0 spiro atoms. The Hall–Kier alpha value is -0.730. The largest absolute Gasteiger partial charge is 0.472 e. The fraction of sp³-hybridized carbons (Fsp3) is 0.905. The highest BCUT2D eigenvalue weighted by atomic mass is 35.5. The molecule has 16 heteroatoms. The van der Waals surface area contributed by atoms with Crippen molar-refractivity contribution in [2.45, 2.75) is 85.3 Å². The Bertz CT molecular complexity index is 800. The van der Waals surface area contributed by atoms with Gasteiger partial charge in [-0.15, -0.1) is 11.6 Å². The van der Waals surface area contributed by atoms with Crippen molar-refractivity contribution in [3.63, 3.8) is 0 Å². The van der Waals surface area contributed by atoms with Crippen LogP contribution in [0.5, 0.6) is 0 Å². The van der Waals surface area contributed by atoms with E-state index in [9.17, 15) is 51.1 Å². The van der Waals surface area contributed by atoms with Gasteiger partial charge in [-0.2, -0.15) is 0 Å². The van der Waals surface area contributed by atoms with Crippen LogP contribution in [0, 0.1) is 11.8 Å². The summed E-state index contributed by atoms with van der Waals surface area (Å²) in [5, 5.41) is 99.3. The Labute approximate surface area is 215 Å². The summed E-state index contributed by atoms with van der Waals surface area (Å²) >= 11 is 6.20. The van der Waals surface area contributed by atoms with Gasteiger partial charge in [0.25, 0.3) is 0 Å². The van der Waals surface area contributed by atoms with Gasteiger partial charge in [0.2, 0.25) is 6.29 Å². The molecule has 0 aromatic carbocycles. The first-order valence-electron chi connectivity index (χ1n) is 11.7. The van der Waals surface area contributed by atoms with Crippen LogP contribution in [0.2, 0.25) is 0 Å². The second kappa shape index (κ2) is 11.8. The van der Waals surface area contributed by atoms with Crippen LogP contribution >= 0.6 is 11.6 Å². The number of hydrogen-bond donors (Lipinski definition) is 10. The lowest BCUT2D eigenvalue weighted by molar-refractivity contribution is -0.344. The van der Waals surface area contributed by atoms with Crippen molar-refractivity contribution in [2.75, 3.05) is 19.8 Å². The Morgan fingerprint density at radius 2 is 1.22 bits per heavy atom. The molecule has 0 bridgehead atoms. The van der Waals surface area contributed by atoms with Gasteiger partial charge < -0.3 is 74.7 Å². The van der Waals surface area contributed by atoms with Crippen molar-refractivity contribution in [1.29, 1.82) is 0 Å². The summed E-state index contributed by atoms with van der Waals surface area (Å²) < 4.78 is 27.4. The van der Waals surface area contributed by atoms with Crippen LogP contribution in [0.15, 0.2) is 11.8 Å². The molecule has 15 nitrogen and oxygen atoms in total. The highest BCUT2D eigenvalue weighted by Crippen LogP contribution is 2.46. The average molecular weight is 561 g/mol. The van der Waals surface area contributed by atoms with Crippen molar-refractivity contribution in [3.05, 3.63) is 11.8 Å². The molecule has 37 heavy (non-hydrogen) atoms. The zero-order valence-electron chi connectivity index (χ0n) is 19.3. The quantitative estimate of drug-likeness (QED) is 0.130. The van der Waals surface area contributed by atoms with E-state index < -0.39 is 110 Å².